The van der Waals surface area contributed by atoms with Gasteiger partial charge >= 0.3 is 0 Å². The molecule has 19 heavy (non-hydrogen) atoms. The van der Waals surface area contributed by atoms with Gasteiger partial charge in [0.1, 0.15) is 0 Å². The molecular formula is C14H19N3OS. The highest BCUT2D eigenvalue weighted by Crippen LogP contribution is 2.17. The Morgan fingerprint density at radius 1 is 1.47 bits per heavy atom. The van der Waals surface area contributed by atoms with Gasteiger partial charge < -0.3 is 19.2 Å². The van der Waals surface area contributed by atoms with Crippen molar-refractivity contribution in [1.29, 1.82) is 0 Å². The van der Waals surface area contributed by atoms with Crippen LogP contribution in [0.25, 0.3) is 11.0 Å². The van der Waals surface area contributed by atoms with Crippen LogP contribution in [0.1, 0.15) is 5.56 Å². The van der Waals surface area contributed by atoms with Crippen molar-refractivity contribution in [2.24, 2.45) is 0 Å². The lowest BCUT2D eigenvalue weighted by Crippen LogP contribution is -2.41. The molecule has 1 aliphatic heterocycles. The quantitative estimate of drug-likeness (QED) is 0.855. The van der Waals surface area contributed by atoms with Crippen molar-refractivity contribution in [3.05, 3.63) is 28.5 Å². The van der Waals surface area contributed by atoms with E-state index in [1.54, 1.807) is 0 Å². The van der Waals surface area contributed by atoms with E-state index < -0.39 is 0 Å². The lowest BCUT2D eigenvalue weighted by atomic mass is 10.2. The standard InChI is InChI=1S/C14H19N3OS/c1-10-3-4-12-13(7-10)17(14(19)15-12)9-11-8-16(2)5-6-18-11/h3-4,7,11H,5-6,8-9H2,1-2H3,(H,15,19). The average Bonchev–Trinajstić information content (AvgIpc) is 2.66. The summed E-state index contributed by atoms with van der Waals surface area (Å²) in [6.45, 7) is 5.68. The van der Waals surface area contributed by atoms with Gasteiger partial charge in [-0.15, -0.1) is 0 Å². The van der Waals surface area contributed by atoms with E-state index in [1.807, 2.05) is 0 Å². The van der Waals surface area contributed by atoms with Crippen molar-refractivity contribution in [2.75, 3.05) is 26.7 Å². The van der Waals surface area contributed by atoms with Crippen molar-refractivity contribution in [2.45, 2.75) is 19.6 Å². The molecule has 5 heteroatoms. The number of imidazole rings is 1. The van der Waals surface area contributed by atoms with E-state index in [4.69, 9.17) is 17.0 Å². The number of nitrogens with one attached hydrogen (secondary N) is 1. The van der Waals surface area contributed by atoms with Gasteiger partial charge in [-0.05, 0) is 43.9 Å². The molecule has 1 aromatic heterocycles. The largest absolute Gasteiger partial charge is 0.374 e. The summed E-state index contributed by atoms with van der Waals surface area (Å²) in [5.41, 5.74) is 3.51. The van der Waals surface area contributed by atoms with Crippen LogP contribution in [0.3, 0.4) is 0 Å². The maximum atomic E-state index is 5.83. The van der Waals surface area contributed by atoms with Crippen LogP contribution in [-0.2, 0) is 11.3 Å². The molecule has 0 bridgehead atoms. The molecule has 1 unspecified atom stereocenters. The minimum atomic E-state index is 0.213. The van der Waals surface area contributed by atoms with Crippen molar-refractivity contribution in [3.8, 4) is 0 Å². The molecule has 4 nitrogen and oxygen atoms in total. The Morgan fingerprint density at radius 3 is 3.11 bits per heavy atom. The van der Waals surface area contributed by atoms with Crippen molar-refractivity contribution in [3.63, 3.8) is 0 Å². The number of hydrogen-bond donors (Lipinski definition) is 1. The molecule has 0 aliphatic carbocycles. The Hall–Kier alpha value is -1.17. The van der Waals surface area contributed by atoms with E-state index in [0.717, 1.165) is 36.5 Å². The summed E-state index contributed by atoms with van der Waals surface area (Å²) >= 11 is 5.43. The Bertz CT molecular complexity index is 646. The summed E-state index contributed by atoms with van der Waals surface area (Å²) in [6.07, 6.45) is 0.213. The number of aromatic amines is 1. The van der Waals surface area contributed by atoms with E-state index in [-0.39, 0.29) is 6.10 Å². The molecule has 1 saturated heterocycles. The third kappa shape index (κ3) is 2.59. The Morgan fingerprint density at radius 2 is 2.32 bits per heavy atom. The number of H-pyrrole nitrogens is 1. The Balaban J connectivity index is 1.93. The predicted octanol–water partition coefficient (Wildman–Crippen LogP) is 2.34. The third-order valence-electron chi connectivity index (χ3n) is 3.66. The number of benzene rings is 1. The first-order valence-electron chi connectivity index (χ1n) is 6.63. The minimum Gasteiger partial charge on any atom is -0.374 e. The number of rotatable bonds is 2. The summed E-state index contributed by atoms with van der Waals surface area (Å²) < 4.78 is 8.76. The van der Waals surface area contributed by atoms with Gasteiger partial charge in [-0.25, -0.2) is 0 Å². The van der Waals surface area contributed by atoms with Crippen LogP contribution in [0, 0.1) is 11.7 Å². The van der Waals surface area contributed by atoms with Gasteiger partial charge in [-0.2, -0.15) is 0 Å². The van der Waals surface area contributed by atoms with Gasteiger partial charge in [-0.1, -0.05) is 6.07 Å². The Labute approximate surface area is 118 Å². The molecule has 1 atom stereocenters. The molecule has 0 amide bonds. The first kappa shape index (κ1) is 12.8. The maximum absolute atomic E-state index is 5.83. The number of morpholine rings is 1. The van der Waals surface area contributed by atoms with Gasteiger partial charge in [0.25, 0.3) is 0 Å². The number of aryl methyl sites for hydroxylation is 1. The molecule has 3 rings (SSSR count). The molecule has 1 fully saturated rings. The number of aromatic nitrogens is 2. The molecule has 0 radical (unpaired) electrons. The van der Waals surface area contributed by atoms with Crippen LogP contribution in [0.15, 0.2) is 18.2 Å². The fourth-order valence-electron chi connectivity index (χ4n) is 2.62. The zero-order valence-corrected chi connectivity index (χ0v) is 12.2. The first-order valence-corrected chi connectivity index (χ1v) is 7.03. The second kappa shape index (κ2) is 5.07. The second-order valence-electron chi connectivity index (χ2n) is 5.32. The van der Waals surface area contributed by atoms with Crippen LogP contribution in [0.2, 0.25) is 0 Å². The molecule has 1 aliphatic rings. The lowest BCUT2D eigenvalue weighted by molar-refractivity contribution is -0.0271. The molecule has 1 aromatic carbocycles. The number of ether oxygens (including phenoxy) is 1. The van der Waals surface area contributed by atoms with E-state index in [0.29, 0.717) is 0 Å². The molecule has 1 N–H and O–H groups in total. The summed E-state index contributed by atoms with van der Waals surface area (Å²) in [5.74, 6) is 0. The summed E-state index contributed by atoms with van der Waals surface area (Å²) in [4.78, 5) is 5.57. The number of likely N-dealkylation sites (N-methyl/N-ethyl adjacent to an activating group) is 1. The molecule has 2 heterocycles. The second-order valence-corrected chi connectivity index (χ2v) is 5.70. The summed E-state index contributed by atoms with van der Waals surface area (Å²) in [7, 11) is 2.13. The first-order chi connectivity index (χ1) is 9.13. The van der Waals surface area contributed by atoms with Gasteiger partial charge in [0.15, 0.2) is 4.77 Å². The highest BCUT2D eigenvalue weighted by molar-refractivity contribution is 7.71. The summed E-state index contributed by atoms with van der Waals surface area (Å²) in [5, 5.41) is 0. The normalized spacial score (nSPS) is 21.1. The maximum Gasteiger partial charge on any atom is 0.178 e. The molecular weight excluding hydrogens is 258 g/mol. The fraction of sp³-hybridized carbons (Fsp3) is 0.500. The smallest absolute Gasteiger partial charge is 0.178 e. The van der Waals surface area contributed by atoms with Crippen molar-refractivity contribution >= 4 is 23.3 Å². The number of fused-ring (bicyclic) bond motifs is 1. The highest BCUT2D eigenvalue weighted by atomic mass is 32.1. The van der Waals surface area contributed by atoms with Crippen LogP contribution >= 0.6 is 12.2 Å². The van der Waals surface area contributed by atoms with E-state index in [2.05, 4.69) is 46.6 Å². The van der Waals surface area contributed by atoms with Crippen molar-refractivity contribution in [1.82, 2.24) is 14.5 Å². The van der Waals surface area contributed by atoms with Crippen LogP contribution < -0.4 is 0 Å². The summed E-state index contributed by atoms with van der Waals surface area (Å²) in [6, 6.07) is 6.36. The van der Waals surface area contributed by atoms with E-state index in [9.17, 15) is 0 Å². The Kier molecular flexibility index (Phi) is 3.43. The zero-order valence-electron chi connectivity index (χ0n) is 11.3. The minimum absolute atomic E-state index is 0.213. The van der Waals surface area contributed by atoms with E-state index in [1.165, 1.54) is 11.1 Å². The third-order valence-corrected chi connectivity index (χ3v) is 3.98. The van der Waals surface area contributed by atoms with Gasteiger partial charge in [-0.3, -0.25) is 0 Å². The van der Waals surface area contributed by atoms with Gasteiger partial charge in [0.2, 0.25) is 0 Å². The van der Waals surface area contributed by atoms with Crippen LogP contribution in [-0.4, -0.2) is 47.3 Å². The predicted molar refractivity (Wildman–Crippen MR) is 79.1 cm³/mol. The SMILES string of the molecule is Cc1ccc2[nH]c(=S)n(CC3CN(C)CCO3)c2c1. The monoisotopic (exact) mass is 277 g/mol. The average molecular weight is 277 g/mol. The van der Waals surface area contributed by atoms with Gasteiger partial charge in [0.05, 0.1) is 30.3 Å². The van der Waals surface area contributed by atoms with Crippen LogP contribution in [0.5, 0.6) is 0 Å². The van der Waals surface area contributed by atoms with E-state index >= 15 is 0 Å². The topological polar surface area (TPSA) is 33.2 Å². The zero-order chi connectivity index (χ0) is 13.4. The molecule has 0 saturated carbocycles. The van der Waals surface area contributed by atoms with Crippen molar-refractivity contribution < 1.29 is 4.74 Å². The molecule has 102 valence electrons. The highest BCUT2D eigenvalue weighted by Gasteiger charge is 2.19. The fourth-order valence-corrected chi connectivity index (χ4v) is 2.91. The number of hydrogen-bond acceptors (Lipinski definition) is 3. The van der Waals surface area contributed by atoms with Gasteiger partial charge in [0, 0.05) is 13.1 Å². The molecule has 2 aromatic rings. The lowest BCUT2D eigenvalue weighted by Gasteiger charge is -2.30. The number of nitrogens with zero attached hydrogens (tertiary/aromatic N) is 2. The molecule has 0 spiro atoms. The van der Waals surface area contributed by atoms with Crippen LogP contribution in [0.4, 0.5) is 0 Å².